The molecule has 0 radical (unpaired) electrons. The molecule has 1 aromatic heterocycles. The van der Waals surface area contributed by atoms with E-state index < -0.39 is 23.1 Å². The Morgan fingerprint density at radius 2 is 1.86 bits per heavy atom. The molecule has 9 heteroatoms. The van der Waals surface area contributed by atoms with Crippen LogP contribution in [-0.2, 0) is 0 Å². The van der Waals surface area contributed by atoms with Crippen molar-refractivity contribution >= 4 is 40.0 Å². The Morgan fingerprint density at radius 3 is 2.61 bits per heavy atom. The third kappa shape index (κ3) is 4.10. The Morgan fingerprint density at radius 1 is 1.11 bits per heavy atom. The minimum Gasteiger partial charge on any atom is -0.490 e. The summed E-state index contributed by atoms with van der Waals surface area (Å²) in [7, 11) is 0. The van der Waals surface area contributed by atoms with Gasteiger partial charge in [0.15, 0.2) is 17.3 Å². The van der Waals surface area contributed by atoms with Crippen LogP contribution in [0.3, 0.4) is 0 Å². The average molecular weight is 427 g/mol. The molecule has 0 atom stereocenters. The summed E-state index contributed by atoms with van der Waals surface area (Å²) in [5.74, 6) is -3.28. The van der Waals surface area contributed by atoms with Gasteiger partial charge < -0.3 is 15.2 Å². The second-order valence-corrected chi connectivity index (χ2v) is 6.53. The number of carbonyl (C=O) groups excluding carboxylic acids is 1. The number of fused-ring (bicyclic) bond motifs is 1. The normalized spacial score (nSPS) is 10.9. The lowest BCUT2D eigenvalue weighted by molar-refractivity contribution is 0.0991. The zero-order valence-corrected chi connectivity index (χ0v) is 15.9. The van der Waals surface area contributed by atoms with Crippen LogP contribution in [0.4, 0.5) is 8.78 Å². The standard InChI is InChI=1S/C19H14Cl2F2N2O3/c20-11-9-12(21)18(17-10(11)3-1-6-25-17)28-8-2-7-27-14-5-4-13(22)15(16(14)23)19(24)26/h1,3-6,9H,2,7-8H2,(H2,24,26). The highest BCUT2D eigenvalue weighted by Crippen LogP contribution is 2.36. The first-order valence-electron chi connectivity index (χ1n) is 8.16. The van der Waals surface area contributed by atoms with Gasteiger partial charge in [0.05, 0.1) is 23.3 Å². The Hall–Kier alpha value is -2.64. The number of halogens is 4. The van der Waals surface area contributed by atoms with Gasteiger partial charge in [0.1, 0.15) is 16.9 Å². The number of carbonyl (C=O) groups is 1. The van der Waals surface area contributed by atoms with Gasteiger partial charge in [0.25, 0.3) is 5.91 Å². The molecule has 0 spiro atoms. The average Bonchev–Trinajstić information content (AvgIpc) is 2.65. The fraction of sp³-hybridized carbons (Fsp3) is 0.158. The molecule has 28 heavy (non-hydrogen) atoms. The van der Waals surface area contributed by atoms with Crippen LogP contribution in [-0.4, -0.2) is 24.1 Å². The number of hydrogen-bond donors (Lipinski definition) is 1. The van der Waals surface area contributed by atoms with Crippen LogP contribution in [0.25, 0.3) is 10.9 Å². The second kappa shape index (κ2) is 8.58. The summed E-state index contributed by atoms with van der Waals surface area (Å²) in [5.41, 5.74) is 4.66. The number of hydrogen-bond acceptors (Lipinski definition) is 4. The van der Waals surface area contributed by atoms with Crippen LogP contribution in [0.1, 0.15) is 16.8 Å². The first-order valence-corrected chi connectivity index (χ1v) is 8.92. The van der Waals surface area contributed by atoms with Gasteiger partial charge in [-0.25, -0.2) is 8.78 Å². The van der Waals surface area contributed by atoms with E-state index in [0.717, 1.165) is 12.1 Å². The van der Waals surface area contributed by atoms with Crippen molar-refractivity contribution in [3.05, 3.63) is 63.8 Å². The van der Waals surface area contributed by atoms with Crippen LogP contribution >= 0.6 is 23.2 Å². The molecule has 1 amide bonds. The molecular formula is C19H14Cl2F2N2O3. The summed E-state index contributed by atoms with van der Waals surface area (Å²) >= 11 is 12.3. The molecule has 0 aliphatic rings. The lowest BCUT2D eigenvalue weighted by Crippen LogP contribution is -2.16. The van der Waals surface area contributed by atoms with E-state index in [1.165, 1.54) is 0 Å². The number of benzene rings is 2. The van der Waals surface area contributed by atoms with Gasteiger partial charge in [-0.1, -0.05) is 23.2 Å². The number of primary amides is 1. The van der Waals surface area contributed by atoms with Crippen molar-refractivity contribution in [2.45, 2.75) is 6.42 Å². The molecule has 3 rings (SSSR count). The third-order valence-corrected chi connectivity index (χ3v) is 4.44. The summed E-state index contributed by atoms with van der Waals surface area (Å²) in [5, 5.41) is 1.47. The predicted octanol–water partition coefficient (Wildman–Crippen LogP) is 4.77. The van der Waals surface area contributed by atoms with E-state index in [1.807, 2.05) is 0 Å². The molecule has 0 fully saturated rings. The number of pyridine rings is 1. The molecule has 3 aromatic rings. The van der Waals surface area contributed by atoms with Gasteiger partial charge in [0, 0.05) is 18.0 Å². The fourth-order valence-corrected chi connectivity index (χ4v) is 3.14. The van der Waals surface area contributed by atoms with Crippen molar-refractivity contribution < 1.29 is 23.0 Å². The summed E-state index contributed by atoms with van der Waals surface area (Å²) in [6, 6.07) is 7.12. The molecule has 0 bridgehead atoms. The third-order valence-electron chi connectivity index (χ3n) is 3.85. The molecule has 0 saturated heterocycles. The van der Waals surface area contributed by atoms with Crippen LogP contribution in [0.15, 0.2) is 36.5 Å². The predicted molar refractivity (Wildman–Crippen MR) is 102 cm³/mol. The molecule has 2 N–H and O–H groups in total. The molecule has 2 aromatic carbocycles. The number of amides is 1. The minimum absolute atomic E-state index is 0.0529. The van der Waals surface area contributed by atoms with E-state index in [1.54, 1.807) is 24.4 Å². The second-order valence-electron chi connectivity index (χ2n) is 5.72. The van der Waals surface area contributed by atoms with E-state index in [-0.39, 0.29) is 19.0 Å². The van der Waals surface area contributed by atoms with E-state index in [0.29, 0.717) is 33.1 Å². The Kier molecular flexibility index (Phi) is 6.16. The number of nitrogens with two attached hydrogens (primary N) is 1. The number of nitrogens with zero attached hydrogens (tertiary/aromatic N) is 1. The number of rotatable bonds is 7. The van der Waals surface area contributed by atoms with E-state index in [9.17, 15) is 13.6 Å². The first kappa shape index (κ1) is 20.1. The van der Waals surface area contributed by atoms with Crippen LogP contribution in [0, 0.1) is 11.6 Å². The quantitative estimate of drug-likeness (QED) is 0.552. The topological polar surface area (TPSA) is 74.4 Å². The maximum Gasteiger partial charge on any atom is 0.254 e. The number of aromatic nitrogens is 1. The molecule has 0 aliphatic carbocycles. The minimum atomic E-state index is -1.21. The van der Waals surface area contributed by atoms with Gasteiger partial charge >= 0.3 is 0 Å². The highest BCUT2D eigenvalue weighted by atomic mass is 35.5. The van der Waals surface area contributed by atoms with Crippen molar-refractivity contribution in [2.75, 3.05) is 13.2 Å². The van der Waals surface area contributed by atoms with Gasteiger partial charge in [-0.05, 0) is 30.3 Å². The highest BCUT2D eigenvalue weighted by molar-refractivity contribution is 6.39. The number of ether oxygens (including phenoxy) is 2. The van der Waals surface area contributed by atoms with Crippen molar-refractivity contribution in [1.82, 2.24) is 4.98 Å². The monoisotopic (exact) mass is 426 g/mol. The smallest absolute Gasteiger partial charge is 0.254 e. The Bertz CT molecular complexity index is 1050. The molecule has 0 unspecified atom stereocenters. The van der Waals surface area contributed by atoms with Crippen LogP contribution in [0.2, 0.25) is 10.0 Å². The Labute approximate surface area is 169 Å². The lowest BCUT2D eigenvalue weighted by Gasteiger charge is -2.13. The molecular weight excluding hydrogens is 413 g/mol. The van der Waals surface area contributed by atoms with E-state index in [2.05, 4.69) is 4.98 Å². The summed E-state index contributed by atoms with van der Waals surface area (Å²) < 4.78 is 38.5. The maximum absolute atomic E-state index is 14.1. The van der Waals surface area contributed by atoms with Crippen molar-refractivity contribution in [3.8, 4) is 11.5 Å². The molecule has 0 saturated carbocycles. The van der Waals surface area contributed by atoms with E-state index in [4.69, 9.17) is 38.4 Å². The maximum atomic E-state index is 14.1. The van der Waals surface area contributed by atoms with Gasteiger partial charge in [-0.15, -0.1) is 0 Å². The first-order chi connectivity index (χ1) is 13.4. The van der Waals surface area contributed by atoms with Crippen LogP contribution < -0.4 is 15.2 Å². The largest absolute Gasteiger partial charge is 0.490 e. The summed E-state index contributed by atoms with van der Waals surface area (Å²) in [6.07, 6.45) is 1.95. The SMILES string of the molecule is NC(=O)c1c(F)ccc(OCCCOc2c(Cl)cc(Cl)c3cccnc23)c1F. The van der Waals surface area contributed by atoms with Crippen LogP contribution in [0.5, 0.6) is 11.5 Å². The molecule has 5 nitrogen and oxygen atoms in total. The van der Waals surface area contributed by atoms with Gasteiger partial charge in [0.2, 0.25) is 0 Å². The fourth-order valence-electron chi connectivity index (χ4n) is 2.57. The molecule has 1 heterocycles. The van der Waals surface area contributed by atoms with Crippen molar-refractivity contribution in [2.24, 2.45) is 5.73 Å². The zero-order valence-electron chi connectivity index (χ0n) is 14.3. The van der Waals surface area contributed by atoms with Crippen molar-refractivity contribution in [1.29, 1.82) is 0 Å². The molecule has 0 aliphatic heterocycles. The van der Waals surface area contributed by atoms with Gasteiger partial charge in [-0.2, -0.15) is 0 Å². The van der Waals surface area contributed by atoms with Gasteiger partial charge in [-0.3, -0.25) is 9.78 Å². The Balaban J connectivity index is 1.63. The lowest BCUT2D eigenvalue weighted by atomic mass is 10.1. The summed E-state index contributed by atoms with van der Waals surface area (Å²) in [4.78, 5) is 15.4. The molecule has 146 valence electrons. The van der Waals surface area contributed by atoms with Crippen molar-refractivity contribution in [3.63, 3.8) is 0 Å². The van der Waals surface area contributed by atoms with E-state index >= 15 is 0 Å². The highest BCUT2D eigenvalue weighted by Gasteiger charge is 2.19. The summed E-state index contributed by atoms with van der Waals surface area (Å²) in [6.45, 7) is 0.246. The zero-order chi connectivity index (χ0) is 20.3.